The van der Waals surface area contributed by atoms with Crippen LogP contribution in [-0.2, 0) is 19.4 Å². The fourth-order valence-electron chi connectivity index (χ4n) is 2.63. The van der Waals surface area contributed by atoms with Crippen molar-refractivity contribution in [1.29, 1.82) is 0 Å². The average Bonchev–Trinajstić information content (AvgIpc) is 2.95. The smallest absolute Gasteiger partial charge is 0.267 e. The van der Waals surface area contributed by atoms with E-state index in [1.54, 1.807) is 0 Å². The molecule has 4 nitrogen and oxygen atoms in total. The molecule has 0 aliphatic rings. The summed E-state index contributed by atoms with van der Waals surface area (Å²) in [6.45, 7) is 2.54. The first kappa shape index (κ1) is 15.2. The quantitative estimate of drug-likeness (QED) is 0.733. The van der Waals surface area contributed by atoms with Gasteiger partial charge in [-0.15, -0.1) is 0 Å². The Labute approximate surface area is 135 Å². The molecule has 23 heavy (non-hydrogen) atoms. The minimum absolute atomic E-state index is 0.0558. The number of benzene rings is 2. The maximum Gasteiger partial charge on any atom is 0.267 e. The lowest BCUT2D eigenvalue weighted by Gasteiger charge is -2.11. The molecular weight excluding hydrogens is 288 g/mol. The first-order valence-electron chi connectivity index (χ1n) is 7.81. The number of nitrogens with one attached hydrogen (secondary N) is 2. The van der Waals surface area contributed by atoms with Crippen LogP contribution >= 0.6 is 0 Å². The Hall–Kier alpha value is -2.75. The highest BCUT2D eigenvalue weighted by atomic mass is 16.5. The van der Waals surface area contributed by atoms with Crippen LogP contribution in [0.25, 0.3) is 0 Å². The number of para-hydroxylation sites is 1. The molecule has 1 heterocycles. The highest BCUT2D eigenvalue weighted by Gasteiger charge is 2.12. The van der Waals surface area contributed by atoms with Gasteiger partial charge in [-0.3, -0.25) is 9.89 Å². The number of aryl methyl sites for hydroxylation is 1. The summed E-state index contributed by atoms with van der Waals surface area (Å²) in [4.78, 5) is 12.0. The molecule has 0 bridgehead atoms. The summed E-state index contributed by atoms with van der Waals surface area (Å²) in [7, 11) is 0. The van der Waals surface area contributed by atoms with E-state index in [1.165, 1.54) is 0 Å². The molecule has 0 aliphatic carbocycles. The summed E-state index contributed by atoms with van der Waals surface area (Å²) in [5.74, 6) is 0.819. The van der Waals surface area contributed by atoms with Gasteiger partial charge in [0.25, 0.3) is 5.56 Å². The minimum atomic E-state index is -0.0558. The van der Waals surface area contributed by atoms with E-state index in [0.29, 0.717) is 13.0 Å². The van der Waals surface area contributed by atoms with Crippen molar-refractivity contribution in [2.45, 2.75) is 26.4 Å². The van der Waals surface area contributed by atoms with Gasteiger partial charge < -0.3 is 9.84 Å². The predicted octanol–water partition coefficient (Wildman–Crippen LogP) is 3.44. The second kappa shape index (κ2) is 7.01. The van der Waals surface area contributed by atoms with Gasteiger partial charge in [0.15, 0.2) is 0 Å². The van der Waals surface area contributed by atoms with Gasteiger partial charge in [-0.1, -0.05) is 55.5 Å². The Bertz CT molecular complexity index is 819. The number of H-pyrrole nitrogens is 2. The topological polar surface area (TPSA) is 57.9 Å². The summed E-state index contributed by atoms with van der Waals surface area (Å²) >= 11 is 0. The Kier molecular flexibility index (Phi) is 4.62. The molecule has 0 fully saturated rings. The zero-order valence-electron chi connectivity index (χ0n) is 13.1. The van der Waals surface area contributed by atoms with Crippen LogP contribution < -0.4 is 10.3 Å². The van der Waals surface area contributed by atoms with E-state index in [0.717, 1.165) is 34.6 Å². The van der Waals surface area contributed by atoms with Crippen LogP contribution in [0.4, 0.5) is 0 Å². The fraction of sp³-hybridized carbons (Fsp3) is 0.211. The van der Waals surface area contributed by atoms with Gasteiger partial charge in [0.1, 0.15) is 12.4 Å². The van der Waals surface area contributed by atoms with E-state index in [9.17, 15) is 4.79 Å². The van der Waals surface area contributed by atoms with Gasteiger partial charge in [0, 0.05) is 17.7 Å². The van der Waals surface area contributed by atoms with Crippen molar-refractivity contribution in [3.8, 4) is 5.75 Å². The normalized spacial score (nSPS) is 10.7. The molecule has 0 amide bonds. The summed E-state index contributed by atoms with van der Waals surface area (Å²) in [6.07, 6.45) is 1.36. The van der Waals surface area contributed by atoms with Gasteiger partial charge in [-0.25, -0.2) is 0 Å². The number of ether oxygens (including phenoxy) is 1. The first-order valence-corrected chi connectivity index (χ1v) is 7.81. The molecule has 0 saturated heterocycles. The molecule has 2 N–H and O–H groups in total. The Balaban J connectivity index is 1.80. The molecule has 0 radical (unpaired) electrons. The lowest BCUT2D eigenvalue weighted by Crippen LogP contribution is -2.08. The zero-order chi connectivity index (χ0) is 16.1. The second-order valence-electron chi connectivity index (χ2n) is 5.45. The molecule has 1 aromatic heterocycles. The van der Waals surface area contributed by atoms with E-state index in [2.05, 4.69) is 10.2 Å². The van der Waals surface area contributed by atoms with Crippen LogP contribution in [0.2, 0.25) is 0 Å². The number of rotatable bonds is 6. The number of hydrogen-bond donors (Lipinski definition) is 2. The van der Waals surface area contributed by atoms with Crippen LogP contribution in [0.1, 0.15) is 29.3 Å². The number of aromatic amines is 2. The summed E-state index contributed by atoms with van der Waals surface area (Å²) in [5, 5.41) is 5.61. The fourth-order valence-corrected chi connectivity index (χ4v) is 2.63. The molecule has 0 aliphatic heterocycles. The number of hydrogen-bond acceptors (Lipinski definition) is 2. The molecule has 2 aromatic carbocycles. The van der Waals surface area contributed by atoms with Gasteiger partial charge in [0.05, 0.1) is 0 Å². The van der Waals surface area contributed by atoms with Crippen molar-refractivity contribution in [3.63, 3.8) is 0 Å². The third kappa shape index (κ3) is 3.54. The van der Waals surface area contributed by atoms with E-state index in [4.69, 9.17) is 4.74 Å². The summed E-state index contributed by atoms with van der Waals surface area (Å²) in [6, 6.07) is 17.9. The molecular formula is C19H20N2O2. The van der Waals surface area contributed by atoms with Crippen LogP contribution in [-0.4, -0.2) is 10.2 Å². The lowest BCUT2D eigenvalue weighted by atomic mass is 10.0. The second-order valence-corrected chi connectivity index (χ2v) is 5.45. The predicted molar refractivity (Wildman–Crippen MR) is 90.8 cm³/mol. The van der Waals surface area contributed by atoms with Gasteiger partial charge in [0.2, 0.25) is 0 Å². The maximum atomic E-state index is 12.0. The van der Waals surface area contributed by atoms with Crippen LogP contribution in [0, 0.1) is 0 Å². The van der Waals surface area contributed by atoms with Crippen LogP contribution in [0.15, 0.2) is 59.4 Å². The van der Waals surface area contributed by atoms with Gasteiger partial charge >= 0.3 is 0 Å². The van der Waals surface area contributed by atoms with E-state index in [-0.39, 0.29) is 5.56 Å². The van der Waals surface area contributed by atoms with Crippen LogP contribution in [0.5, 0.6) is 5.75 Å². The molecule has 4 heteroatoms. The minimum Gasteiger partial charge on any atom is -0.489 e. The van der Waals surface area contributed by atoms with Crippen molar-refractivity contribution in [2.75, 3.05) is 0 Å². The highest BCUT2D eigenvalue weighted by Crippen LogP contribution is 2.22. The lowest BCUT2D eigenvalue weighted by molar-refractivity contribution is 0.303. The van der Waals surface area contributed by atoms with Crippen molar-refractivity contribution in [1.82, 2.24) is 10.2 Å². The van der Waals surface area contributed by atoms with E-state index >= 15 is 0 Å². The van der Waals surface area contributed by atoms with Gasteiger partial charge in [-0.2, -0.15) is 0 Å². The van der Waals surface area contributed by atoms with Crippen molar-refractivity contribution < 1.29 is 4.74 Å². The van der Waals surface area contributed by atoms with Crippen molar-refractivity contribution in [3.05, 3.63) is 87.3 Å². The maximum absolute atomic E-state index is 12.0. The Morgan fingerprint density at radius 2 is 1.70 bits per heavy atom. The van der Waals surface area contributed by atoms with Crippen molar-refractivity contribution in [2.24, 2.45) is 0 Å². The molecule has 3 aromatic rings. The van der Waals surface area contributed by atoms with Crippen LogP contribution in [0.3, 0.4) is 0 Å². The third-order valence-corrected chi connectivity index (χ3v) is 3.90. The standard InChI is InChI=1S/C19H20N2O2/c1-2-17-16(19(22)21-20-17)12-15-10-6-7-11-18(15)23-13-14-8-4-3-5-9-14/h3-11H,2,12-13H2,1H3,(H2,20,21,22). The highest BCUT2D eigenvalue weighted by molar-refractivity contribution is 5.38. The largest absolute Gasteiger partial charge is 0.489 e. The number of aromatic nitrogens is 2. The van der Waals surface area contributed by atoms with E-state index < -0.39 is 0 Å². The Morgan fingerprint density at radius 1 is 0.957 bits per heavy atom. The monoisotopic (exact) mass is 308 g/mol. The third-order valence-electron chi connectivity index (χ3n) is 3.90. The van der Waals surface area contributed by atoms with Crippen molar-refractivity contribution >= 4 is 0 Å². The molecule has 118 valence electrons. The molecule has 3 rings (SSSR count). The molecule has 0 spiro atoms. The molecule has 0 saturated carbocycles. The van der Waals surface area contributed by atoms with E-state index in [1.807, 2.05) is 61.5 Å². The SMILES string of the molecule is CCc1[nH][nH]c(=O)c1Cc1ccccc1OCc1ccccc1. The average molecular weight is 308 g/mol. The molecule has 0 unspecified atom stereocenters. The van der Waals surface area contributed by atoms with Gasteiger partial charge in [-0.05, 0) is 23.6 Å². The zero-order valence-corrected chi connectivity index (χ0v) is 13.1. The summed E-state index contributed by atoms with van der Waals surface area (Å²) < 4.78 is 5.96. The summed E-state index contributed by atoms with van der Waals surface area (Å²) in [5.41, 5.74) is 3.81. The Morgan fingerprint density at radius 3 is 2.48 bits per heavy atom. The first-order chi connectivity index (χ1) is 11.3. The molecule has 0 atom stereocenters.